The van der Waals surface area contributed by atoms with Gasteiger partial charge in [-0.05, 0) is 24.3 Å². The van der Waals surface area contributed by atoms with Gasteiger partial charge >= 0.3 is 0 Å². The predicted octanol–water partition coefficient (Wildman–Crippen LogP) is 2.41. The van der Waals surface area contributed by atoms with Crippen LogP contribution < -0.4 is 0 Å². The Morgan fingerprint density at radius 1 is 0.647 bits per heavy atom. The highest BCUT2D eigenvalue weighted by Crippen LogP contribution is 2.43. The van der Waals surface area contributed by atoms with Crippen LogP contribution in [0.1, 0.15) is 0 Å². The van der Waals surface area contributed by atoms with Crippen LogP contribution in [0.4, 0.5) is 0 Å². The van der Waals surface area contributed by atoms with Crippen LogP contribution in [0.25, 0.3) is 21.9 Å². The average molecular weight is 232 g/mol. The maximum atomic E-state index is 9.63. The van der Waals surface area contributed by atoms with Crippen LogP contribution in [0.3, 0.4) is 0 Å². The highest BCUT2D eigenvalue weighted by molar-refractivity contribution is 6.09. The maximum absolute atomic E-state index is 9.63. The molecule has 17 heavy (non-hydrogen) atoms. The lowest BCUT2D eigenvalue weighted by atomic mass is 10.1. The summed E-state index contributed by atoms with van der Waals surface area (Å²) in [4.78, 5) is 0. The van der Waals surface area contributed by atoms with Gasteiger partial charge in [0.2, 0.25) is 11.5 Å². The van der Waals surface area contributed by atoms with Gasteiger partial charge in [-0.15, -0.1) is 0 Å². The van der Waals surface area contributed by atoms with E-state index in [1.165, 1.54) is 12.1 Å². The zero-order valence-electron chi connectivity index (χ0n) is 8.51. The van der Waals surface area contributed by atoms with Gasteiger partial charge in [-0.1, -0.05) is 0 Å². The fourth-order valence-electron chi connectivity index (χ4n) is 1.85. The van der Waals surface area contributed by atoms with Crippen LogP contribution >= 0.6 is 0 Å². The topological polar surface area (TPSA) is 94.1 Å². The normalized spacial score (nSPS) is 11.3. The Kier molecular flexibility index (Phi) is 1.69. The first kappa shape index (κ1) is 9.65. The Bertz CT molecular complexity index is 679. The molecule has 1 aromatic heterocycles. The summed E-state index contributed by atoms with van der Waals surface area (Å²) in [6.45, 7) is 0. The molecule has 5 nitrogen and oxygen atoms in total. The van der Waals surface area contributed by atoms with Gasteiger partial charge in [-0.25, -0.2) is 0 Å². The number of phenols is 4. The van der Waals surface area contributed by atoms with Crippen molar-refractivity contribution in [1.82, 2.24) is 0 Å². The van der Waals surface area contributed by atoms with Crippen molar-refractivity contribution in [2.45, 2.75) is 0 Å². The second-order valence-corrected chi connectivity index (χ2v) is 3.72. The third-order valence-electron chi connectivity index (χ3n) is 2.71. The molecule has 0 spiro atoms. The maximum Gasteiger partial charge on any atom is 0.201 e. The van der Waals surface area contributed by atoms with Gasteiger partial charge in [0.05, 0.1) is 0 Å². The first-order chi connectivity index (χ1) is 8.09. The Morgan fingerprint density at radius 3 is 1.47 bits per heavy atom. The summed E-state index contributed by atoms with van der Waals surface area (Å²) in [7, 11) is 0. The zero-order valence-corrected chi connectivity index (χ0v) is 8.51. The number of furan rings is 1. The molecular weight excluding hydrogens is 224 g/mol. The minimum atomic E-state index is -0.391. The molecule has 0 atom stereocenters. The Balaban J connectivity index is 2.58. The molecule has 0 aliphatic carbocycles. The van der Waals surface area contributed by atoms with Crippen molar-refractivity contribution < 1.29 is 24.8 Å². The van der Waals surface area contributed by atoms with Crippen molar-refractivity contribution in [3.05, 3.63) is 24.3 Å². The number of aromatic hydroxyl groups is 4. The van der Waals surface area contributed by atoms with E-state index in [1.807, 2.05) is 0 Å². The molecule has 4 N–H and O–H groups in total. The number of phenolic OH excluding ortho intramolecular Hbond substituents is 4. The van der Waals surface area contributed by atoms with Crippen molar-refractivity contribution in [2.24, 2.45) is 0 Å². The fourth-order valence-corrected chi connectivity index (χ4v) is 1.85. The van der Waals surface area contributed by atoms with E-state index in [1.54, 1.807) is 12.1 Å². The standard InChI is InChI=1S/C12H8O5/c13-7-3-1-5-6-2-4-8(14)10(16)12(6)17-11(5)9(7)15/h1-4,13-16H. The first-order valence-electron chi connectivity index (χ1n) is 4.87. The van der Waals surface area contributed by atoms with Crippen LogP contribution in [0.2, 0.25) is 0 Å². The third-order valence-corrected chi connectivity index (χ3v) is 2.71. The molecule has 0 saturated heterocycles. The third kappa shape index (κ3) is 1.13. The van der Waals surface area contributed by atoms with Gasteiger partial charge < -0.3 is 24.8 Å². The SMILES string of the molecule is Oc1ccc2c(oc3c(O)c(O)ccc32)c1O. The average Bonchev–Trinajstić information content (AvgIpc) is 2.69. The van der Waals surface area contributed by atoms with E-state index in [2.05, 4.69) is 0 Å². The van der Waals surface area contributed by atoms with Crippen molar-refractivity contribution in [3.8, 4) is 23.0 Å². The smallest absolute Gasteiger partial charge is 0.201 e. The van der Waals surface area contributed by atoms with Crippen molar-refractivity contribution in [1.29, 1.82) is 0 Å². The largest absolute Gasteiger partial charge is 0.504 e. The van der Waals surface area contributed by atoms with Crippen LogP contribution in [-0.4, -0.2) is 20.4 Å². The molecule has 0 radical (unpaired) electrons. The summed E-state index contributed by atoms with van der Waals surface area (Å²) in [5.41, 5.74) is 0.141. The molecule has 3 rings (SSSR count). The Morgan fingerprint density at radius 2 is 1.06 bits per heavy atom. The molecular formula is C12H8O5. The molecule has 0 saturated carbocycles. The van der Waals surface area contributed by atoms with Gasteiger partial charge in [0.1, 0.15) is 0 Å². The van der Waals surface area contributed by atoms with E-state index >= 15 is 0 Å². The number of fused-ring (bicyclic) bond motifs is 3. The Hall–Kier alpha value is -2.56. The number of hydrogen-bond donors (Lipinski definition) is 4. The summed E-state index contributed by atoms with van der Waals surface area (Å²) >= 11 is 0. The lowest BCUT2D eigenvalue weighted by Crippen LogP contribution is -1.70. The van der Waals surface area contributed by atoms with Gasteiger partial charge in [0, 0.05) is 10.8 Å². The monoisotopic (exact) mass is 232 g/mol. The minimum Gasteiger partial charge on any atom is -0.504 e. The van der Waals surface area contributed by atoms with Crippen LogP contribution in [0, 0.1) is 0 Å². The molecule has 3 aromatic rings. The van der Waals surface area contributed by atoms with Crippen LogP contribution in [-0.2, 0) is 0 Å². The molecule has 0 amide bonds. The summed E-state index contributed by atoms with van der Waals surface area (Å²) < 4.78 is 5.26. The molecule has 2 aromatic carbocycles. The van der Waals surface area contributed by atoms with Crippen molar-refractivity contribution in [2.75, 3.05) is 0 Å². The predicted molar refractivity (Wildman–Crippen MR) is 60.4 cm³/mol. The van der Waals surface area contributed by atoms with E-state index in [-0.39, 0.29) is 22.7 Å². The van der Waals surface area contributed by atoms with Gasteiger partial charge in [-0.3, -0.25) is 0 Å². The van der Waals surface area contributed by atoms with Gasteiger partial charge in [0.15, 0.2) is 22.7 Å². The van der Waals surface area contributed by atoms with E-state index in [9.17, 15) is 20.4 Å². The molecule has 86 valence electrons. The summed E-state index contributed by atoms with van der Waals surface area (Å²) in [5, 5.41) is 39.0. The lowest BCUT2D eigenvalue weighted by Gasteiger charge is -1.96. The molecule has 0 aliphatic heterocycles. The summed E-state index contributed by atoms with van der Waals surface area (Å²) in [5.74, 6) is -1.39. The molecule has 5 heteroatoms. The van der Waals surface area contributed by atoms with E-state index in [0.717, 1.165) is 0 Å². The van der Waals surface area contributed by atoms with E-state index in [0.29, 0.717) is 10.8 Å². The van der Waals surface area contributed by atoms with Crippen molar-refractivity contribution in [3.63, 3.8) is 0 Å². The van der Waals surface area contributed by atoms with E-state index < -0.39 is 11.5 Å². The number of hydrogen-bond acceptors (Lipinski definition) is 5. The van der Waals surface area contributed by atoms with Crippen LogP contribution in [0.5, 0.6) is 23.0 Å². The fraction of sp³-hybridized carbons (Fsp3) is 0. The second-order valence-electron chi connectivity index (χ2n) is 3.72. The molecule has 0 bridgehead atoms. The molecule has 0 unspecified atom stereocenters. The first-order valence-corrected chi connectivity index (χ1v) is 4.87. The highest BCUT2D eigenvalue weighted by Gasteiger charge is 2.17. The van der Waals surface area contributed by atoms with E-state index in [4.69, 9.17) is 4.42 Å². The summed E-state index contributed by atoms with van der Waals surface area (Å²) in [6.07, 6.45) is 0. The quantitative estimate of drug-likeness (QED) is 0.446. The molecule has 1 heterocycles. The number of rotatable bonds is 0. The van der Waals surface area contributed by atoms with Crippen LogP contribution in [0.15, 0.2) is 28.7 Å². The van der Waals surface area contributed by atoms with Crippen molar-refractivity contribution >= 4 is 21.9 Å². The van der Waals surface area contributed by atoms with Gasteiger partial charge in [0.25, 0.3) is 0 Å². The number of benzene rings is 2. The highest BCUT2D eigenvalue weighted by atomic mass is 16.4. The molecule has 0 fully saturated rings. The second kappa shape index (κ2) is 2.98. The Labute approximate surface area is 94.8 Å². The minimum absolute atomic E-state index is 0.0703. The van der Waals surface area contributed by atoms with Gasteiger partial charge in [-0.2, -0.15) is 0 Å². The zero-order chi connectivity index (χ0) is 12.2. The summed E-state index contributed by atoms with van der Waals surface area (Å²) in [6, 6.07) is 5.78. The lowest BCUT2D eigenvalue weighted by molar-refractivity contribution is 0.395. The molecule has 0 aliphatic rings.